The molecule has 24 heavy (non-hydrogen) atoms. The van der Waals surface area contributed by atoms with Gasteiger partial charge < -0.3 is 9.84 Å². The number of carbonyl (C=O) groups excluding carboxylic acids is 1. The van der Waals surface area contributed by atoms with E-state index in [1.807, 2.05) is 29.8 Å². The predicted molar refractivity (Wildman–Crippen MR) is 88.5 cm³/mol. The van der Waals surface area contributed by atoms with Gasteiger partial charge in [-0.3, -0.25) is 14.5 Å². The van der Waals surface area contributed by atoms with Gasteiger partial charge in [-0.25, -0.2) is 0 Å². The van der Waals surface area contributed by atoms with Crippen LogP contribution in [0.4, 0.5) is 0 Å². The van der Waals surface area contributed by atoms with Crippen molar-refractivity contribution in [2.45, 2.75) is 27.3 Å². The quantitative estimate of drug-likeness (QED) is 0.778. The molecule has 0 aliphatic heterocycles. The van der Waals surface area contributed by atoms with Crippen LogP contribution in [0.1, 0.15) is 27.5 Å². The number of aryl methyl sites for hydroxylation is 3. The highest BCUT2D eigenvalue weighted by Crippen LogP contribution is 2.17. The number of hydrogen-bond donors (Lipinski definition) is 1. The van der Waals surface area contributed by atoms with Gasteiger partial charge in [0.1, 0.15) is 11.3 Å². The van der Waals surface area contributed by atoms with Crippen molar-refractivity contribution >= 4 is 5.91 Å². The zero-order chi connectivity index (χ0) is 17.1. The van der Waals surface area contributed by atoms with Crippen LogP contribution in [0.5, 0.6) is 0 Å². The first-order valence-corrected chi connectivity index (χ1v) is 7.72. The Bertz CT molecular complexity index is 832. The molecule has 3 rings (SSSR count). The lowest BCUT2D eigenvalue weighted by molar-refractivity contribution is 0.0950. The van der Waals surface area contributed by atoms with E-state index < -0.39 is 0 Å². The van der Waals surface area contributed by atoms with E-state index in [2.05, 4.69) is 20.6 Å². The summed E-state index contributed by atoms with van der Waals surface area (Å²) in [6.45, 7) is 6.53. The van der Waals surface area contributed by atoms with Gasteiger partial charge in [0, 0.05) is 30.2 Å². The van der Waals surface area contributed by atoms with E-state index in [0.29, 0.717) is 30.1 Å². The predicted octanol–water partition coefficient (Wildman–Crippen LogP) is 2.29. The molecule has 0 saturated carbocycles. The van der Waals surface area contributed by atoms with Crippen LogP contribution < -0.4 is 5.32 Å². The average molecular weight is 325 g/mol. The second-order valence-electron chi connectivity index (χ2n) is 5.59. The van der Waals surface area contributed by atoms with Gasteiger partial charge in [0.05, 0.1) is 17.9 Å². The molecule has 0 spiro atoms. The van der Waals surface area contributed by atoms with E-state index in [-0.39, 0.29) is 5.91 Å². The van der Waals surface area contributed by atoms with Crippen molar-refractivity contribution in [3.05, 3.63) is 53.3 Å². The van der Waals surface area contributed by atoms with E-state index in [1.54, 1.807) is 26.2 Å². The van der Waals surface area contributed by atoms with Gasteiger partial charge in [0.15, 0.2) is 0 Å². The first kappa shape index (κ1) is 15.9. The Kier molecular flexibility index (Phi) is 4.41. The van der Waals surface area contributed by atoms with Crippen LogP contribution in [0.3, 0.4) is 0 Å². The molecule has 1 amide bonds. The summed E-state index contributed by atoms with van der Waals surface area (Å²) in [4.78, 5) is 16.3. The van der Waals surface area contributed by atoms with Crippen molar-refractivity contribution in [3.8, 4) is 11.3 Å². The largest absolute Gasteiger partial charge is 0.361 e. The number of nitrogens with zero attached hydrogens (tertiary/aromatic N) is 4. The maximum absolute atomic E-state index is 12.2. The Morgan fingerprint density at radius 2 is 2.17 bits per heavy atom. The third-order valence-corrected chi connectivity index (χ3v) is 3.81. The highest BCUT2D eigenvalue weighted by Gasteiger charge is 2.17. The standard InChI is InChI=1S/C17H19N5O2/c1-11-9-15(14-5-4-6-18-10-14)20-22(11)8-7-19-17(23)16-12(2)21-24-13(16)3/h4-6,9-10H,7-8H2,1-3H3,(H,19,23). The highest BCUT2D eigenvalue weighted by molar-refractivity contribution is 5.96. The maximum atomic E-state index is 12.2. The number of aromatic nitrogens is 4. The van der Waals surface area contributed by atoms with Crippen LogP contribution in [0.15, 0.2) is 35.1 Å². The molecule has 0 unspecified atom stereocenters. The van der Waals surface area contributed by atoms with Crippen molar-refractivity contribution in [2.75, 3.05) is 6.54 Å². The number of rotatable bonds is 5. The Labute approximate surface area is 139 Å². The number of amides is 1. The Morgan fingerprint density at radius 3 is 2.83 bits per heavy atom. The third-order valence-electron chi connectivity index (χ3n) is 3.81. The van der Waals surface area contributed by atoms with Crippen molar-refractivity contribution in [1.29, 1.82) is 0 Å². The van der Waals surface area contributed by atoms with Gasteiger partial charge in [0.2, 0.25) is 0 Å². The van der Waals surface area contributed by atoms with Crippen molar-refractivity contribution in [3.63, 3.8) is 0 Å². The van der Waals surface area contributed by atoms with Crippen LogP contribution in [0.25, 0.3) is 11.3 Å². The lowest BCUT2D eigenvalue weighted by Gasteiger charge is -2.06. The van der Waals surface area contributed by atoms with Crippen LogP contribution in [-0.4, -0.2) is 32.4 Å². The second kappa shape index (κ2) is 6.66. The highest BCUT2D eigenvalue weighted by atomic mass is 16.5. The topological polar surface area (TPSA) is 85.8 Å². The summed E-state index contributed by atoms with van der Waals surface area (Å²) >= 11 is 0. The Hall–Kier alpha value is -2.96. The summed E-state index contributed by atoms with van der Waals surface area (Å²) in [5, 5.41) is 11.2. The van der Waals surface area contributed by atoms with E-state index in [0.717, 1.165) is 17.0 Å². The SMILES string of the molecule is Cc1noc(C)c1C(=O)NCCn1nc(-c2cccnc2)cc1C. The summed E-state index contributed by atoms with van der Waals surface area (Å²) in [5.41, 5.74) is 3.97. The lowest BCUT2D eigenvalue weighted by atomic mass is 10.2. The normalized spacial score (nSPS) is 10.8. The molecule has 3 heterocycles. The summed E-state index contributed by atoms with van der Waals surface area (Å²) < 4.78 is 6.89. The van der Waals surface area contributed by atoms with Gasteiger partial charge in [-0.1, -0.05) is 5.16 Å². The van der Waals surface area contributed by atoms with Crippen LogP contribution in [-0.2, 0) is 6.54 Å². The minimum absolute atomic E-state index is 0.177. The summed E-state index contributed by atoms with van der Waals surface area (Å²) in [6, 6.07) is 5.86. The van der Waals surface area contributed by atoms with Gasteiger partial charge in [-0.15, -0.1) is 0 Å². The van der Waals surface area contributed by atoms with Crippen molar-refractivity contribution < 1.29 is 9.32 Å². The molecule has 0 saturated heterocycles. The van der Waals surface area contributed by atoms with Gasteiger partial charge in [-0.2, -0.15) is 5.10 Å². The van der Waals surface area contributed by atoms with Crippen LogP contribution in [0, 0.1) is 20.8 Å². The molecule has 0 aromatic carbocycles. The molecule has 0 fully saturated rings. The number of nitrogens with one attached hydrogen (secondary N) is 1. The number of hydrogen-bond acceptors (Lipinski definition) is 5. The summed E-state index contributed by atoms with van der Waals surface area (Å²) in [7, 11) is 0. The summed E-state index contributed by atoms with van der Waals surface area (Å²) in [5.74, 6) is 0.350. The van der Waals surface area contributed by atoms with E-state index in [4.69, 9.17) is 4.52 Å². The molecule has 0 atom stereocenters. The molecular weight excluding hydrogens is 306 g/mol. The molecular formula is C17H19N5O2. The van der Waals surface area contributed by atoms with Crippen LogP contribution >= 0.6 is 0 Å². The zero-order valence-corrected chi connectivity index (χ0v) is 13.9. The molecule has 1 N–H and O–H groups in total. The van der Waals surface area contributed by atoms with E-state index >= 15 is 0 Å². The van der Waals surface area contributed by atoms with E-state index in [9.17, 15) is 4.79 Å². The average Bonchev–Trinajstić information content (AvgIpc) is 3.11. The first-order chi connectivity index (χ1) is 11.6. The maximum Gasteiger partial charge on any atom is 0.256 e. The zero-order valence-electron chi connectivity index (χ0n) is 13.9. The molecule has 0 bridgehead atoms. The van der Waals surface area contributed by atoms with Crippen LogP contribution in [0.2, 0.25) is 0 Å². The number of carbonyl (C=O) groups is 1. The fraction of sp³-hybridized carbons (Fsp3) is 0.294. The lowest BCUT2D eigenvalue weighted by Crippen LogP contribution is -2.28. The van der Waals surface area contributed by atoms with Gasteiger partial charge >= 0.3 is 0 Å². The fourth-order valence-electron chi connectivity index (χ4n) is 2.56. The van der Waals surface area contributed by atoms with E-state index in [1.165, 1.54) is 0 Å². The Morgan fingerprint density at radius 1 is 1.33 bits per heavy atom. The first-order valence-electron chi connectivity index (χ1n) is 7.72. The summed E-state index contributed by atoms with van der Waals surface area (Å²) in [6.07, 6.45) is 3.52. The van der Waals surface area contributed by atoms with Gasteiger partial charge in [0.25, 0.3) is 5.91 Å². The van der Waals surface area contributed by atoms with Crippen molar-refractivity contribution in [2.24, 2.45) is 0 Å². The molecule has 7 nitrogen and oxygen atoms in total. The van der Waals surface area contributed by atoms with Crippen molar-refractivity contribution in [1.82, 2.24) is 25.2 Å². The molecule has 0 aliphatic carbocycles. The Balaban J connectivity index is 1.63. The molecule has 3 aromatic rings. The fourth-order valence-corrected chi connectivity index (χ4v) is 2.56. The minimum atomic E-state index is -0.177. The molecule has 0 aliphatic rings. The molecule has 0 radical (unpaired) electrons. The number of pyridine rings is 1. The molecule has 124 valence electrons. The minimum Gasteiger partial charge on any atom is -0.361 e. The molecule has 3 aromatic heterocycles. The second-order valence-corrected chi connectivity index (χ2v) is 5.59. The van der Waals surface area contributed by atoms with Gasteiger partial charge in [-0.05, 0) is 39.0 Å². The monoisotopic (exact) mass is 325 g/mol. The smallest absolute Gasteiger partial charge is 0.256 e. The third kappa shape index (κ3) is 3.19. The molecule has 7 heteroatoms.